The number of hydrogen-bond acceptors (Lipinski definition) is 5. The van der Waals surface area contributed by atoms with Crippen molar-refractivity contribution in [2.45, 2.75) is 12.8 Å². The fourth-order valence-corrected chi connectivity index (χ4v) is 4.65. The lowest BCUT2D eigenvalue weighted by Gasteiger charge is -2.38. The first-order valence-corrected chi connectivity index (χ1v) is 12.4. The molecule has 0 saturated carbocycles. The van der Waals surface area contributed by atoms with Crippen LogP contribution in [0.5, 0.6) is 5.75 Å². The molecule has 0 aromatic heterocycles. The number of para-hydroxylation sites is 2. The van der Waals surface area contributed by atoms with Crippen LogP contribution in [-0.4, -0.2) is 84.8 Å². The number of benzene rings is 2. The number of anilines is 1. The monoisotopic (exact) mass is 498 g/mol. The van der Waals surface area contributed by atoms with Crippen LogP contribution >= 0.6 is 11.6 Å². The number of amides is 3. The number of piperazine rings is 1. The molecule has 2 aliphatic heterocycles. The fraction of sp³-hybridized carbons (Fsp3) is 0.423. The van der Waals surface area contributed by atoms with E-state index in [1.165, 1.54) is 0 Å². The summed E-state index contributed by atoms with van der Waals surface area (Å²) < 4.78 is 5.56. The molecule has 0 radical (unpaired) electrons. The molecule has 2 heterocycles. The molecular formula is C26H31ClN4O4. The minimum absolute atomic E-state index is 0.00857. The number of ether oxygens (including phenoxy) is 1. The van der Waals surface area contributed by atoms with Gasteiger partial charge in [0.1, 0.15) is 5.75 Å². The highest BCUT2D eigenvalue weighted by atomic mass is 35.5. The largest absolute Gasteiger partial charge is 0.484 e. The average Bonchev–Trinajstić information content (AvgIpc) is 2.89. The van der Waals surface area contributed by atoms with Crippen molar-refractivity contribution >= 4 is 35.0 Å². The van der Waals surface area contributed by atoms with Gasteiger partial charge in [0.25, 0.3) is 5.91 Å². The first-order valence-electron chi connectivity index (χ1n) is 12.0. The Bertz CT molecular complexity index is 1020. The van der Waals surface area contributed by atoms with Crippen LogP contribution in [0.3, 0.4) is 0 Å². The minimum Gasteiger partial charge on any atom is -0.484 e. The molecule has 8 nitrogen and oxygen atoms in total. The molecule has 2 aliphatic rings. The molecular weight excluding hydrogens is 468 g/mol. The Labute approximate surface area is 210 Å². The van der Waals surface area contributed by atoms with Crippen molar-refractivity contribution in [1.29, 1.82) is 0 Å². The van der Waals surface area contributed by atoms with Crippen molar-refractivity contribution in [3.05, 3.63) is 59.6 Å². The summed E-state index contributed by atoms with van der Waals surface area (Å²) in [5.41, 5.74) is 0.601. The maximum atomic E-state index is 13.0. The van der Waals surface area contributed by atoms with E-state index < -0.39 is 0 Å². The van der Waals surface area contributed by atoms with E-state index in [-0.39, 0.29) is 36.8 Å². The SMILES string of the molecule is O=C(CN1CCN(C(=O)C2CCN(C(=O)COc3ccccc3)CC2)CC1)Nc1ccccc1Cl. The molecule has 35 heavy (non-hydrogen) atoms. The van der Waals surface area contributed by atoms with Crippen LogP contribution in [0.1, 0.15) is 12.8 Å². The quantitative estimate of drug-likeness (QED) is 0.634. The lowest BCUT2D eigenvalue weighted by Crippen LogP contribution is -2.53. The standard InChI is InChI=1S/C26H31ClN4O4/c27-22-8-4-5-9-23(22)28-24(32)18-29-14-16-31(17-15-29)26(34)20-10-12-30(13-11-20)25(33)19-35-21-6-2-1-3-7-21/h1-9,20H,10-19H2,(H,28,32). The van der Waals surface area contributed by atoms with Gasteiger partial charge in [-0.05, 0) is 37.1 Å². The Balaban J connectivity index is 1.16. The second-order valence-corrected chi connectivity index (χ2v) is 9.29. The number of piperidine rings is 1. The molecule has 0 atom stereocenters. The highest BCUT2D eigenvalue weighted by molar-refractivity contribution is 6.33. The zero-order valence-corrected chi connectivity index (χ0v) is 20.5. The molecule has 3 amide bonds. The molecule has 2 aromatic carbocycles. The third-order valence-electron chi connectivity index (χ3n) is 6.50. The van der Waals surface area contributed by atoms with Gasteiger partial charge in [0.15, 0.2) is 6.61 Å². The van der Waals surface area contributed by atoms with Crippen LogP contribution < -0.4 is 10.1 Å². The summed E-state index contributed by atoms with van der Waals surface area (Å²) in [5, 5.41) is 3.35. The van der Waals surface area contributed by atoms with Crippen LogP contribution in [-0.2, 0) is 14.4 Å². The van der Waals surface area contributed by atoms with Crippen molar-refractivity contribution in [1.82, 2.24) is 14.7 Å². The predicted octanol–water partition coefficient (Wildman–Crippen LogP) is 2.74. The average molecular weight is 499 g/mol. The van der Waals surface area contributed by atoms with Crippen molar-refractivity contribution < 1.29 is 19.1 Å². The molecule has 2 aromatic rings. The summed E-state index contributed by atoms with van der Waals surface area (Å²) in [5.74, 6) is 0.586. The number of nitrogens with one attached hydrogen (secondary N) is 1. The van der Waals surface area contributed by atoms with Gasteiger partial charge in [-0.2, -0.15) is 0 Å². The van der Waals surface area contributed by atoms with Gasteiger partial charge in [0, 0.05) is 45.2 Å². The van der Waals surface area contributed by atoms with E-state index in [2.05, 4.69) is 5.32 Å². The van der Waals surface area contributed by atoms with Crippen LogP contribution in [0, 0.1) is 5.92 Å². The lowest BCUT2D eigenvalue weighted by atomic mass is 9.95. The van der Waals surface area contributed by atoms with Crippen LogP contribution in [0.2, 0.25) is 5.02 Å². The lowest BCUT2D eigenvalue weighted by molar-refractivity contribution is -0.142. The number of carbonyl (C=O) groups is 3. The Morgan fingerprint density at radius 1 is 0.857 bits per heavy atom. The van der Waals surface area contributed by atoms with Crippen molar-refractivity contribution in [2.75, 3.05) is 57.7 Å². The maximum absolute atomic E-state index is 13.0. The maximum Gasteiger partial charge on any atom is 0.260 e. The Morgan fingerprint density at radius 2 is 1.51 bits per heavy atom. The molecule has 186 valence electrons. The first-order chi connectivity index (χ1) is 17.0. The Morgan fingerprint density at radius 3 is 2.20 bits per heavy atom. The van der Waals surface area contributed by atoms with E-state index >= 15 is 0 Å². The van der Waals surface area contributed by atoms with Gasteiger partial charge in [-0.25, -0.2) is 0 Å². The highest BCUT2D eigenvalue weighted by Gasteiger charge is 2.32. The topological polar surface area (TPSA) is 82.2 Å². The molecule has 0 aliphatic carbocycles. The van der Waals surface area contributed by atoms with Crippen molar-refractivity contribution in [3.63, 3.8) is 0 Å². The van der Waals surface area contributed by atoms with Gasteiger partial charge < -0.3 is 19.9 Å². The minimum atomic E-state index is -0.119. The summed E-state index contributed by atoms with van der Waals surface area (Å²) in [6.07, 6.45) is 1.33. The highest BCUT2D eigenvalue weighted by Crippen LogP contribution is 2.22. The Kier molecular flexibility index (Phi) is 8.60. The van der Waals surface area contributed by atoms with Crippen LogP contribution in [0.25, 0.3) is 0 Å². The first kappa shape index (κ1) is 25.0. The number of halogens is 1. The van der Waals surface area contributed by atoms with Crippen LogP contribution in [0.15, 0.2) is 54.6 Å². The summed E-state index contributed by atoms with van der Waals surface area (Å²) in [6, 6.07) is 16.4. The van der Waals surface area contributed by atoms with Crippen LogP contribution in [0.4, 0.5) is 5.69 Å². The van der Waals surface area contributed by atoms with Gasteiger partial charge in [0.05, 0.1) is 17.3 Å². The van der Waals surface area contributed by atoms with E-state index in [9.17, 15) is 14.4 Å². The van der Waals surface area contributed by atoms with Gasteiger partial charge in [-0.3, -0.25) is 19.3 Å². The second-order valence-electron chi connectivity index (χ2n) is 8.89. The zero-order valence-electron chi connectivity index (χ0n) is 19.7. The van der Waals surface area contributed by atoms with E-state index in [0.717, 1.165) is 0 Å². The second kappa shape index (κ2) is 12.0. The molecule has 1 N–H and O–H groups in total. The number of rotatable bonds is 7. The van der Waals surface area contributed by atoms with Crippen molar-refractivity contribution in [2.24, 2.45) is 5.92 Å². The van der Waals surface area contributed by atoms with E-state index in [1.807, 2.05) is 52.3 Å². The predicted molar refractivity (Wildman–Crippen MR) is 134 cm³/mol. The van der Waals surface area contributed by atoms with E-state index in [0.29, 0.717) is 68.6 Å². The van der Waals surface area contributed by atoms with Gasteiger partial charge in [-0.15, -0.1) is 0 Å². The molecule has 9 heteroatoms. The van der Waals surface area contributed by atoms with Gasteiger partial charge in [0.2, 0.25) is 11.8 Å². The summed E-state index contributed by atoms with van der Waals surface area (Å²) in [7, 11) is 0. The van der Waals surface area contributed by atoms with E-state index in [4.69, 9.17) is 16.3 Å². The smallest absolute Gasteiger partial charge is 0.260 e. The molecule has 0 spiro atoms. The third-order valence-corrected chi connectivity index (χ3v) is 6.83. The Hall–Kier alpha value is -3.10. The summed E-state index contributed by atoms with van der Waals surface area (Å²) in [4.78, 5) is 43.6. The number of carbonyl (C=O) groups excluding carboxylic acids is 3. The third kappa shape index (κ3) is 6.96. The van der Waals surface area contributed by atoms with Gasteiger partial charge >= 0.3 is 0 Å². The number of nitrogens with zero attached hydrogens (tertiary/aromatic N) is 3. The van der Waals surface area contributed by atoms with Gasteiger partial charge in [-0.1, -0.05) is 41.9 Å². The normalized spacial score (nSPS) is 17.2. The zero-order chi connectivity index (χ0) is 24.6. The molecule has 2 saturated heterocycles. The van der Waals surface area contributed by atoms with Crippen molar-refractivity contribution in [3.8, 4) is 5.75 Å². The summed E-state index contributed by atoms with van der Waals surface area (Å²) >= 11 is 6.11. The fourth-order valence-electron chi connectivity index (χ4n) is 4.47. The molecule has 4 rings (SSSR count). The molecule has 2 fully saturated rings. The number of hydrogen-bond donors (Lipinski definition) is 1. The van der Waals surface area contributed by atoms with E-state index in [1.54, 1.807) is 17.0 Å². The number of likely N-dealkylation sites (tertiary alicyclic amines) is 1. The summed E-state index contributed by atoms with van der Waals surface area (Å²) in [6.45, 7) is 3.90. The molecule has 0 unspecified atom stereocenters. The molecule has 0 bridgehead atoms.